The van der Waals surface area contributed by atoms with E-state index >= 15 is 0 Å². The fourth-order valence-corrected chi connectivity index (χ4v) is 4.97. The summed E-state index contributed by atoms with van der Waals surface area (Å²) < 4.78 is 5.37. The molecule has 1 aliphatic heterocycles. The number of carbonyl (C=O) groups is 2. The predicted octanol–water partition coefficient (Wildman–Crippen LogP) is 6.10. The van der Waals surface area contributed by atoms with E-state index in [0.717, 1.165) is 72.4 Å². The molecule has 1 heterocycles. The first kappa shape index (κ1) is 25.6. The van der Waals surface area contributed by atoms with Crippen LogP contribution in [0.5, 0.6) is 5.75 Å². The zero-order chi connectivity index (χ0) is 24.8. The minimum absolute atomic E-state index is 0.0364. The Kier molecular flexibility index (Phi) is 8.59. The number of carbonyl (C=O) groups excluding carboxylic acids is 2. The zero-order valence-electron chi connectivity index (χ0n) is 21.3. The lowest BCUT2D eigenvalue weighted by atomic mass is 9.84. The van der Waals surface area contributed by atoms with Crippen LogP contribution in [0.3, 0.4) is 0 Å². The number of anilines is 1. The number of allylic oxidation sites excluding steroid dienone is 3. The molecule has 34 heavy (non-hydrogen) atoms. The van der Waals surface area contributed by atoms with Crippen molar-refractivity contribution in [3.05, 3.63) is 58.8 Å². The number of ether oxygens (including phenoxy) is 1. The molecule has 0 atom stereocenters. The van der Waals surface area contributed by atoms with Crippen LogP contribution in [0.1, 0.15) is 64.9 Å². The average molecular weight is 466 g/mol. The summed E-state index contributed by atoms with van der Waals surface area (Å²) >= 11 is 0. The lowest BCUT2D eigenvalue weighted by molar-refractivity contribution is -0.121. The average Bonchev–Trinajstić information content (AvgIpc) is 2.84. The first-order valence-corrected chi connectivity index (χ1v) is 12.3. The van der Waals surface area contributed by atoms with Crippen LogP contribution in [0.25, 0.3) is 0 Å². The van der Waals surface area contributed by atoms with Crippen LogP contribution in [0.4, 0.5) is 10.5 Å². The van der Waals surface area contributed by atoms with Crippen molar-refractivity contribution in [3.63, 3.8) is 0 Å². The van der Waals surface area contributed by atoms with Gasteiger partial charge in [-0.2, -0.15) is 0 Å². The van der Waals surface area contributed by atoms with Gasteiger partial charge in [-0.3, -0.25) is 4.79 Å². The Morgan fingerprint density at radius 1 is 1.26 bits per heavy atom. The SMILES string of the molecule is C=C/C(C)=C1/CN(C2CCC(C(=O)Nc3ccc(C)c(OC)c3)CC2)C(=O)N/C1=C(/C)CCC. The lowest BCUT2D eigenvalue weighted by Crippen LogP contribution is -2.53. The number of nitrogens with zero attached hydrogens (tertiary/aromatic N) is 1. The third-order valence-electron chi connectivity index (χ3n) is 7.14. The first-order valence-electron chi connectivity index (χ1n) is 12.3. The van der Waals surface area contributed by atoms with Gasteiger partial charge in [-0.05, 0) is 81.2 Å². The molecule has 0 aromatic heterocycles. The Labute approximate surface area is 204 Å². The molecule has 3 amide bonds. The van der Waals surface area contributed by atoms with Crippen molar-refractivity contribution in [1.29, 1.82) is 0 Å². The summed E-state index contributed by atoms with van der Waals surface area (Å²) in [6.07, 6.45) is 7.02. The molecule has 0 unspecified atom stereocenters. The molecule has 1 aromatic carbocycles. The molecular weight excluding hydrogens is 426 g/mol. The molecule has 6 heteroatoms. The van der Waals surface area contributed by atoms with Gasteiger partial charge >= 0.3 is 6.03 Å². The smallest absolute Gasteiger partial charge is 0.322 e. The molecule has 2 N–H and O–H groups in total. The van der Waals surface area contributed by atoms with Gasteiger partial charge in [-0.1, -0.05) is 32.1 Å². The predicted molar refractivity (Wildman–Crippen MR) is 138 cm³/mol. The molecule has 1 saturated heterocycles. The second kappa shape index (κ2) is 11.4. The summed E-state index contributed by atoms with van der Waals surface area (Å²) in [5.41, 5.74) is 6.19. The van der Waals surface area contributed by atoms with E-state index in [9.17, 15) is 9.59 Å². The third-order valence-corrected chi connectivity index (χ3v) is 7.14. The molecule has 1 aliphatic carbocycles. The van der Waals surface area contributed by atoms with E-state index < -0.39 is 0 Å². The number of benzene rings is 1. The summed E-state index contributed by atoms with van der Waals surface area (Å²) in [4.78, 5) is 27.9. The molecule has 3 rings (SSSR count). The number of methoxy groups -OCH3 is 1. The Balaban J connectivity index is 1.65. The van der Waals surface area contributed by atoms with E-state index in [-0.39, 0.29) is 23.9 Å². The molecule has 1 saturated carbocycles. The van der Waals surface area contributed by atoms with Crippen molar-refractivity contribution in [2.45, 2.75) is 72.3 Å². The maximum Gasteiger partial charge on any atom is 0.322 e. The van der Waals surface area contributed by atoms with E-state index in [1.165, 1.54) is 5.57 Å². The number of aryl methyl sites for hydroxylation is 1. The fraction of sp³-hybridized carbons (Fsp3) is 0.500. The van der Waals surface area contributed by atoms with Gasteiger partial charge in [-0.15, -0.1) is 0 Å². The van der Waals surface area contributed by atoms with E-state index in [2.05, 4.69) is 38.0 Å². The van der Waals surface area contributed by atoms with Crippen LogP contribution in [0.15, 0.2) is 53.3 Å². The lowest BCUT2D eigenvalue weighted by Gasteiger charge is -2.41. The normalized spacial score (nSPS) is 23.7. The van der Waals surface area contributed by atoms with Gasteiger partial charge in [0.25, 0.3) is 0 Å². The summed E-state index contributed by atoms with van der Waals surface area (Å²) in [7, 11) is 1.63. The van der Waals surface area contributed by atoms with E-state index in [0.29, 0.717) is 6.54 Å². The maximum absolute atomic E-state index is 13.1. The molecule has 2 aliphatic rings. The highest BCUT2D eigenvalue weighted by Gasteiger charge is 2.35. The van der Waals surface area contributed by atoms with Crippen LogP contribution in [-0.2, 0) is 4.79 Å². The van der Waals surface area contributed by atoms with Crippen molar-refractivity contribution in [3.8, 4) is 5.75 Å². The highest BCUT2D eigenvalue weighted by atomic mass is 16.5. The Bertz CT molecular complexity index is 1000. The monoisotopic (exact) mass is 465 g/mol. The summed E-state index contributed by atoms with van der Waals surface area (Å²) in [5.74, 6) is 0.749. The molecule has 0 spiro atoms. The summed E-state index contributed by atoms with van der Waals surface area (Å²) in [6, 6.07) is 5.80. The van der Waals surface area contributed by atoms with Crippen molar-refractivity contribution in [1.82, 2.24) is 10.2 Å². The van der Waals surface area contributed by atoms with E-state index in [1.54, 1.807) is 7.11 Å². The Hall–Kier alpha value is -3.02. The third kappa shape index (κ3) is 5.72. The van der Waals surface area contributed by atoms with Gasteiger partial charge in [0.15, 0.2) is 0 Å². The number of nitrogens with one attached hydrogen (secondary N) is 2. The molecule has 0 bridgehead atoms. The van der Waals surface area contributed by atoms with Crippen LogP contribution < -0.4 is 15.4 Å². The standard InChI is InChI=1S/C28H39N3O3/c1-7-9-20(5)26-24(18(3)8-2)17-31(28(33)30-26)23-14-11-21(12-15-23)27(32)29-22-13-10-19(4)25(16-22)34-6/h8,10,13,16,21,23H,2,7,9,11-12,14-15,17H2,1,3-6H3,(H,29,32)(H,30,33)/b24-18-,26-20-. The highest BCUT2D eigenvalue weighted by Crippen LogP contribution is 2.33. The maximum atomic E-state index is 13.1. The molecule has 184 valence electrons. The highest BCUT2D eigenvalue weighted by molar-refractivity contribution is 5.93. The minimum atomic E-state index is -0.0522. The molecular formula is C28H39N3O3. The first-order chi connectivity index (χ1) is 16.3. The molecule has 0 radical (unpaired) electrons. The molecule has 6 nitrogen and oxygen atoms in total. The second-order valence-corrected chi connectivity index (χ2v) is 9.51. The Morgan fingerprint density at radius 3 is 2.59 bits per heavy atom. The van der Waals surface area contributed by atoms with E-state index in [4.69, 9.17) is 4.74 Å². The number of urea groups is 1. The summed E-state index contributed by atoms with van der Waals surface area (Å²) in [5, 5.41) is 6.21. The number of amides is 3. The van der Waals surface area contributed by atoms with Crippen molar-refractivity contribution >= 4 is 17.6 Å². The van der Waals surface area contributed by atoms with Gasteiger partial charge < -0.3 is 20.3 Å². The van der Waals surface area contributed by atoms with E-state index in [1.807, 2.05) is 36.1 Å². The van der Waals surface area contributed by atoms with Gasteiger partial charge in [0.1, 0.15) is 5.75 Å². The van der Waals surface area contributed by atoms with Gasteiger partial charge in [0, 0.05) is 29.4 Å². The molecule has 2 fully saturated rings. The van der Waals surface area contributed by atoms with Crippen molar-refractivity contribution < 1.29 is 14.3 Å². The fourth-order valence-electron chi connectivity index (χ4n) is 4.97. The van der Waals surface area contributed by atoms with Crippen molar-refractivity contribution in [2.24, 2.45) is 5.92 Å². The quantitative estimate of drug-likeness (QED) is 0.511. The minimum Gasteiger partial charge on any atom is -0.496 e. The zero-order valence-corrected chi connectivity index (χ0v) is 21.3. The number of hydrogen-bond acceptors (Lipinski definition) is 3. The number of hydrogen-bond donors (Lipinski definition) is 2. The Morgan fingerprint density at radius 2 is 1.97 bits per heavy atom. The van der Waals surface area contributed by atoms with Gasteiger partial charge in [0.2, 0.25) is 5.91 Å². The second-order valence-electron chi connectivity index (χ2n) is 9.51. The largest absolute Gasteiger partial charge is 0.496 e. The van der Waals surface area contributed by atoms with Gasteiger partial charge in [0.05, 0.1) is 13.7 Å². The molecule has 1 aromatic rings. The van der Waals surface area contributed by atoms with Crippen LogP contribution >= 0.6 is 0 Å². The van der Waals surface area contributed by atoms with Crippen LogP contribution in [0, 0.1) is 12.8 Å². The van der Waals surface area contributed by atoms with Crippen LogP contribution in [-0.4, -0.2) is 36.5 Å². The number of rotatable bonds is 7. The summed E-state index contributed by atoms with van der Waals surface area (Å²) in [6.45, 7) is 12.8. The van der Waals surface area contributed by atoms with Crippen LogP contribution in [0.2, 0.25) is 0 Å². The topological polar surface area (TPSA) is 70.7 Å². The van der Waals surface area contributed by atoms with Crippen molar-refractivity contribution in [2.75, 3.05) is 19.0 Å². The van der Waals surface area contributed by atoms with Gasteiger partial charge in [-0.25, -0.2) is 4.79 Å².